The Hall–Kier alpha value is -2.46. The number of methoxy groups -OCH3 is 1. The molecule has 1 aromatic rings. The summed E-state index contributed by atoms with van der Waals surface area (Å²) in [5.74, 6) is -1.63. The van der Waals surface area contributed by atoms with Gasteiger partial charge in [0.05, 0.1) is 18.4 Å². The Labute approximate surface area is 164 Å². The van der Waals surface area contributed by atoms with Crippen molar-refractivity contribution in [1.82, 2.24) is 10.0 Å². The zero-order valence-electron chi connectivity index (χ0n) is 16.8. The molecule has 0 saturated carbocycles. The number of aryl methyl sites for hydroxylation is 2. The van der Waals surface area contributed by atoms with Crippen LogP contribution in [0.15, 0.2) is 11.0 Å². The average molecular weight is 414 g/mol. The molecule has 1 rings (SSSR count). The minimum Gasteiger partial charge on any atom is -0.453 e. The van der Waals surface area contributed by atoms with Gasteiger partial charge in [-0.1, -0.05) is 6.07 Å². The van der Waals surface area contributed by atoms with E-state index < -0.39 is 34.1 Å². The van der Waals surface area contributed by atoms with Gasteiger partial charge in [-0.25, -0.2) is 17.9 Å². The molecule has 1 atom stereocenters. The number of rotatable bonds is 7. The number of ether oxygens (including phenoxy) is 2. The van der Waals surface area contributed by atoms with E-state index in [1.165, 1.54) is 6.92 Å². The standard InChI is InChI=1S/C18H26N2O7S/c1-10-9-11(2)13(4)16(12(10)3)28(24,25)19-8-7-15(21)27-14(5)17(22)20-18(23)26-6/h9,14,19H,7-8H2,1-6H3,(H,20,22,23)/t14-/m0/s1. The van der Waals surface area contributed by atoms with Crippen molar-refractivity contribution >= 4 is 28.0 Å². The first-order valence-corrected chi connectivity index (χ1v) is 10.0. The van der Waals surface area contributed by atoms with Crippen molar-refractivity contribution in [3.63, 3.8) is 0 Å². The molecule has 0 spiro atoms. The molecule has 0 aromatic heterocycles. The molecule has 1 aromatic carbocycles. The van der Waals surface area contributed by atoms with E-state index in [2.05, 4.69) is 9.46 Å². The van der Waals surface area contributed by atoms with Gasteiger partial charge in [0, 0.05) is 6.54 Å². The normalized spacial score (nSPS) is 12.2. The smallest absolute Gasteiger partial charge is 0.413 e. The number of hydrogen-bond acceptors (Lipinski definition) is 7. The fourth-order valence-corrected chi connectivity index (χ4v) is 4.15. The highest BCUT2D eigenvalue weighted by Gasteiger charge is 2.23. The molecule has 0 aliphatic carbocycles. The molecule has 0 unspecified atom stereocenters. The van der Waals surface area contributed by atoms with Crippen LogP contribution in [0, 0.1) is 27.7 Å². The van der Waals surface area contributed by atoms with E-state index in [4.69, 9.17) is 4.74 Å². The van der Waals surface area contributed by atoms with Crippen LogP contribution in [-0.2, 0) is 29.1 Å². The second-order valence-electron chi connectivity index (χ2n) is 6.35. The predicted octanol–water partition coefficient (Wildman–Crippen LogP) is 1.40. The maximum absolute atomic E-state index is 12.7. The molecule has 0 aliphatic heterocycles. The molecule has 0 bridgehead atoms. The lowest BCUT2D eigenvalue weighted by molar-refractivity contribution is -0.154. The molecule has 28 heavy (non-hydrogen) atoms. The summed E-state index contributed by atoms with van der Waals surface area (Å²) in [6.07, 6.45) is -2.48. The van der Waals surface area contributed by atoms with Crippen molar-refractivity contribution in [1.29, 1.82) is 0 Å². The molecule has 0 radical (unpaired) electrons. The lowest BCUT2D eigenvalue weighted by atomic mass is 10.0. The van der Waals surface area contributed by atoms with Gasteiger partial charge in [-0.3, -0.25) is 14.9 Å². The minimum absolute atomic E-state index is 0.196. The number of esters is 1. The van der Waals surface area contributed by atoms with Crippen molar-refractivity contribution < 1.29 is 32.3 Å². The number of carbonyl (C=O) groups is 3. The molecular weight excluding hydrogens is 388 g/mol. The van der Waals surface area contributed by atoms with E-state index in [9.17, 15) is 22.8 Å². The number of amides is 2. The molecule has 10 heteroatoms. The third-order valence-electron chi connectivity index (χ3n) is 4.28. The third kappa shape index (κ3) is 6.03. The summed E-state index contributed by atoms with van der Waals surface area (Å²) in [5, 5.41) is 1.87. The molecule has 2 amide bonds. The summed E-state index contributed by atoms with van der Waals surface area (Å²) in [6.45, 7) is 8.21. The molecule has 2 N–H and O–H groups in total. The average Bonchev–Trinajstić information content (AvgIpc) is 2.59. The molecule has 0 fully saturated rings. The number of carbonyl (C=O) groups excluding carboxylic acids is 3. The van der Waals surface area contributed by atoms with Crippen molar-refractivity contribution in [3.8, 4) is 0 Å². The Morgan fingerprint density at radius 3 is 2.11 bits per heavy atom. The van der Waals surface area contributed by atoms with Gasteiger partial charge in [-0.05, 0) is 56.9 Å². The van der Waals surface area contributed by atoms with Crippen LogP contribution < -0.4 is 10.0 Å². The lowest BCUT2D eigenvalue weighted by Crippen LogP contribution is -2.39. The molecule has 0 heterocycles. The van der Waals surface area contributed by atoms with Crippen molar-refractivity contribution in [3.05, 3.63) is 28.3 Å². The van der Waals surface area contributed by atoms with Gasteiger partial charge in [0.15, 0.2) is 6.10 Å². The van der Waals surface area contributed by atoms with Crippen LogP contribution in [0.1, 0.15) is 35.6 Å². The second kappa shape index (κ2) is 9.65. The van der Waals surface area contributed by atoms with E-state index in [1.807, 2.05) is 25.2 Å². The first-order valence-electron chi connectivity index (χ1n) is 8.56. The maximum atomic E-state index is 12.7. The highest BCUT2D eigenvalue weighted by Crippen LogP contribution is 2.25. The summed E-state index contributed by atoms with van der Waals surface area (Å²) >= 11 is 0. The van der Waals surface area contributed by atoms with Crippen molar-refractivity contribution in [2.75, 3.05) is 13.7 Å². The van der Waals surface area contributed by atoms with Gasteiger partial charge in [0.25, 0.3) is 5.91 Å². The molecule has 0 saturated heterocycles. The van der Waals surface area contributed by atoms with Gasteiger partial charge in [0.2, 0.25) is 10.0 Å². The highest BCUT2D eigenvalue weighted by atomic mass is 32.2. The lowest BCUT2D eigenvalue weighted by Gasteiger charge is -2.16. The van der Waals surface area contributed by atoms with Gasteiger partial charge >= 0.3 is 12.1 Å². The predicted molar refractivity (Wildman–Crippen MR) is 101 cm³/mol. The number of alkyl carbamates (subject to hydrolysis) is 1. The largest absolute Gasteiger partial charge is 0.453 e. The number of benzene rings is 1. The van der Waals surface area contributed by atoms with Crippen LogP contribution in [0.4, 0.5) is 4.79 Å². The number of sulfonamides is 1. The van der Waals surface area contributed by atoms with E-state index in [0.29, 0.717) is 11.1 Å². The fourth-order valence-electron chi connectivity index (χ4n) is 2.51. The molecule has 9 nitrogen and oxygen atoms in total. The van der Waals surface area contributed by atoms with E-state index >= 15 is 0 Å². The monoisotopic (exact) mass is 414 g/mol. The fraction of sp³-hybridized carbons (Fsp3) is 0.500. The van der Waals surface area contributed by atoms with Crippen LogP contribution in [0.5, 0.6) is 0 Å². The first kappa shape index (κ1) is 23.6. The summed E-state index contributed by atoms with van der Waals surface area (Å²) in [5.41, 5.74) is 3.00. The highest BCUT2D eigenvalue weighted by molar-refractivity contribution is 7.89. The molecule has 156 valence electrons. The third-order valence-corrected chi connectivity index (χ3v) is 6.01. The first-order chi connectivity index (χ1) is 12.9. The Morgan fingerprint density at radius 2 is 1.61 bits per heavy atom. The van der Waals surface area contributed by atoms with Gasteiger partial charge in [-0.15, -0.1) is 0 Å². The van der Waals surface area contributed by atoms with Crippen LogP contribution in [0.25, 0.3) is 0 Å². The van der Waals surface area contributed by atoms with Crippen molar-refractivity contribution in [2.45, 2.75) is 52.0 Å². The number of imide groups is 1. The number of hydrogen-bond donors (Lipinski definition) is 2. The summed E-state index contributed by atoms with van der Waals surface area (Å²) in [7, 11) is -2.74. The van der Waals surface area contributed by atoms with Gasteiger partial charge in [0.1, 0.15) is 0 Å². The van der Waals surface area contributed by atoms with E-state index in [0.717, 1.165) is 18.2 Å². The number of nitrogens with one attached hydrogen (secondary N) is 2. The van der Waals surface area contributed by atoms with Gasteiger partial charge < -0.3 is 9.47 Å². The SMILES string of the molecule is COC(=O)NC(=O)[C@H](C)OC(=O)CCNS(=O)(=O)c1c(C)c(C)cc(C)c1C. The Kier molecular flexibility index (Phi) is 8.13. The van der Waals surface area contributed by atoms with Crippen LogP contribution >= 0.6 is 0 Å². The second-order valence-corrected chi connectivity index (χ2v) is 8.05. The van der Waals surface area contributed by atoms with Crippen LogP contribution in [-0.4, -0.2) is 46.1 Å². The zero-order chi connectivity index (χ0) is 21.6. The Bertz CT molecular complexity index is 852. The quantitative estimate of drug-likeness (QED) is 0.646. The summed E-state index contributed by atoms with van der Waals surface area (Å²) < 4.78 is 36.9. The van der Waals surface area contributed by atoms with Crippen LogP contribution in [0.3, 0.4) is 0 Å². The topological polar surface area (TPSA) is 128 Å². The van der Waals surface area contributed by atoms with Gasteiger partial charge in [-0.2, -0.15) is 0 Å². The van der Waals surface area contributed by atoms with Crippen LogP contribution in [0.2, 0.25) is 0 Å². The maximum Gasteiger partial charge on any atom is 0.413 e. The van der Waals surface area contributed by atoms with E-state index in [-0.39, 0.29) is 17.9 Å². The van der Waals surface area contributed by atoms with Crippen molar-refractivity contribution in [2.24, 2.45) is 0 Å². The zero-order valence-corrected chi connectivity index (χ0v) is 17.7. The minimum atomic E-state index is -3.82. The summed E-state index contributed by atoms with van der Waals surface area (Å²) in [4.78, 5) is 34.6. The van der Waals surface area contributed by atoms with E-state index in [1.54, 1.807) is 13.8 Å². The molecule has 0 aliphatic rings. The molecular formula is C18H26N2O7S. The Balaban J connectivity index is 2.69. The Morgan fingerprint density at radius 1 is 1.07 bits per heavy atom. The summed E-state index contributed by atoms with van der Waals surface area (Å²) in [6, 6.07) is 1.92.